The van der Waals surface area contributed by atoms with Gasteiger partial charge in [0.2, 0.25) is 5.91 Å². The largest absolute Gasteiger partial charge is 0.480 e. The van der Waals surface area contributed by atoms with Crippen LogP contribution in [0.25, 0.3) is 0 Å². The van der Waals surface area contributed by atoms with Crippen LogP contribution in [0.3, 0.4) is 0 Å². The third kappa shape index (κ3) is 43.3. The summed E-state index contributed by atoms with van der Waals surface area (Å²) in [7, 11) is -4.77. The van der Waals surface area contributed by atoms with Gasteiger partial charge in [-0.25, -0.2) is 9.36 Å². The van der Waals surface area contributed by atoms with Crippen LogP contribution in [0.2, 0.25) is 0 Å². The molecule has 0 aromatic rings. The molecule has 0 heterocycles. The number of carboxylic acids is 1. The summed E-state index contributed by atoms with van der Waals surface area (Å²) in [5, 5.41) is 21.9. The third-order valence-electron chi connectivity index (χ3n) is 9.67. The van der Waals surface area contributed by atoms with E-state index in [4.69, 9.17) is 13.8 Å². The summed E-state index contributed by atoms with van der Waals surface area (Å²) in [5.41, 5.74) is 0. The van der Waals surface area contributed by atoms with E-state index in [9.17, 15) is 34.1 Å². The molecule has 0 rings (SSSR count). The molecule has 3 atom stereocenters. The predicted octanol–water partition coefficient (Wildman–Crippen LogP) is 12.7. The van der Waals surface area contributed by atoms with E-state index in [0.29, 0.717) is 12.8 Å². The van der Waals surface area contributed by atoms with Gasteiger partial charge >= 0.3 is 19.8 Å². The highest BCUT2D eigenvalue weighted by atomic mass is 31.2. The van der Waals surface area contributed by atoms with Gasteiger partial charge in [0.05, 0.1) is 13.2 Å². The Morgan fingerprint density at radius 3 is 1.42 bits per heavy atom. The number of amides is 1. The number of carboxylic acid groups (broad SMARTS) is 1. The van der Waals surface area contributed by atoms with E-state index < -0.39 is 57.6 Å². The monoisotopic (exact) mass is 890 g/mol. The van der Waals surface area contributed by atoms with E-state index in [1.807, 2.05) is 0 Å². The molecule has 354 valence electrons. The molecule has 12 heteroatoms. The normalized spacial score (nSPS) is 14.4. The lowest BCUT2D eigenvalue weighted by atomic mass is 10.1. The van der Waals surface area contributed by atoms with E-state index in [1.165, 1.54) is 51.4 Å². The minimum atomic E-state index is -4.77. The van der Waals surface area contributed by atoms with Crippen LogP contribution in [0.5, 0.6) is 0 Å². The summed E-state index contributed by atoms with van der Waals surface area (Å²) < 4.78 is 26.9. The zero-order chi connectivity index (χ0) is 45.6. The van der Waals surface area contributed by atoms with Crippen LogP contribution in [-0.2, 0) is 32.7 Å². The Balaban J connectivity index is 3.94. The number of aliphatic hydroxyl groups is 1. The van der Waals surface area contributed by atoms with Gasteiger partial charge in [0.1, 0.15) is 12.7 Å². The van der Waals surface area contributed by atoms with E-state index in [0.717, 1.165) is 89.9 Å². The van der Waals surface area contributed by atoms with Crippen LogP contribution >= 0.6 is 7.82 Å². The molecule has 4 N–H and O–H groups in total. The van der Waals surface area contributed by atoms with Crippen molar-refractivity contribution in [1.29, 1.82) is 0 Å². The average molecular weight is 890 g/mol. The summed E-state index contributed by atoms with van der Waals surface area (Å²) in [6.45, 7) is 2.42. The molecule has 11 nitrogen and oxygen atoms in total. The zero-order valence-corrected chi connectivity index (χ0v) is 39.3. The molecule has 1 amide bonds. The van der Waals surface area contributed by atoms with Gasteiger partial charge in [-0.1, -0.05) is 163 Å². The van der Waals surface area contributed by atoms with Crippen molar-refractivity contribution in [2.75, 3.05) is 19.8 Å². The van der Waals surface area contributed by atoms with Crippen LogP contribution in [0.1, 0.15) is 181 Å². The quantitative estimate of drug-likeness (QED) is 0.0200. The summed E-state index contributed by atoms with van der Waals surface area (Å²) in [5.74, 6) is -2.42. The fraction of sp³-hybridized carbons (Fsp3) is 0.660. The Morgan fingerprint density at radius 2 is 0.935 bits per heavy atom. The van der Waals surface area contributed by atoms with Crippen LogP contribution in [0, 0.1) is 0 Å². The van der Waals surface area contributed by atoms with Gasteiger partial charge in [0.25, 0.3) is 0 Å². The highest BCUT2D eigenvalue weighted by molar-refractivity contribution is 7.47. The standard InChI is InChI=1S/C50H84NO10P/c1-3-5-7-9-11-13-15-17-19-21-23-25-27-29-31-33-35-37-39-41-48(53)51-47(50(55)56)45-61-62(57,58)60-44-46(52)43-59-49(54)42-40-38-36-34-32-30-28-26-24-22-20-18-16-14-12-10-8-6-4-2/h6,8,11-14,17-20,24,26,30,32,46-47,52H,3-5,7,9-10,15-16,21-23,25,27-29,31,33-45H2,1-2H3,(H,51,53)(H,55,56)(H,57,58)/b8-6-,13-11-,14-12-,19-17-,20-18-,26-24-,32-30-. The van der Waals surface area contributed by atoms with Crippen LogP contribution in [0.15, 0.2) is 85.1 Å². The molecule has 0 saturated heterocycles. The molecule has 0 fully saturated rings. The number of unbranched alkanes of at least 4 members (excludes halogenated alkanes) is 15. The SMILES string of the molecule is CC/C=C\C/C=C\C/C=C\C/C=C\C/C=C\CCCCCC(=O)OCC(O)COP(=O)(O)OCC(NC(=O)CCCCCCCCCCC/C=C\C/C=C\CCCCC)C(=O)O. The lowest BCUT2D eigenvalue weighted by Gasteiger charge is -2.18. The minimum absolute atomic E-state index is 0.134. The molecular weight excluding hydrogens is 806 g/mol. The zero-order valence-electron chi connectivity index (χ0n) is 38.4. The maximum absolute atomic E-state index is 12.3. The average Bonchev–Trinajstić information content (AvgIpc) is 3.25. The summed E-state index contributed by atoms with van der Waals surface area (Å²) in [4.78, 5) is 46.0. The number of aliphatic carboxylic acids is 1. The highest BCUT2D eigenvalue weighted by Gasteiger charge is 2.28. The van der Waals surface area contributed by atoms with Crippen molar-refractivity contribution in [3.63, 3.8) is 0 Å². The number of rotatable bonds is 43. The van der Waals surface area contributed by atoms with E-state index in [-0.39, 0.29) is 12.8 Å². The van der Waals surface area contributed by atoms with Gasteiger partial charge in [-0.05, 0) is 89.9 Å². The van der Waals surface area contributed by atoms with Crippen molar-refractivity contribution >= 4 is 25.7 Å². The number of aliphatic hydroxyl groups excluding tert-OH is 1. The fourth-order valence-corrected chi connectivity index (χ4v) is 6.79. The molecule has 3 unspecified atom stereocenters. The number of hydrogen-bond donors (Lipinski definition) is 4. The van der Waals surface area contributed by atoms with Gasteiger partial charge in [0.15, 0.2) is 6.04 Å². The molecular formula is C50H84NO10P. The predicted molar refractivity (Wildman–Crippen MR) is 254 cm³/mol. The highest BCUT2D eigenvalue weighted by Crippen LogP contribution is 2.43. The van der Waals surface area contributed by atoms with Crippen molar-refractivity contribution in [1.82, 2.24) is 5.32 Å². The number of phosphoric acid groups is 1. The van der Waals surface area contributed by atoms with Crippen molar-refractivity contribution in [2.45, 2.75) is 193 Å². The summed E-state index contributed by atoms with van der Waals surface area (Å²) >= 11 is 0. The third-order valence-corrected chi connectivity index (χ3v) is 10.6. The molecule has 0 aliphatic carbocycles. The number of carbonyl (C=O) groups excluding carboxylic acids is 2. The second kappa shape index (κ2) is 44.3. The molecule has 0 aromatic heterocycles. The Bertz CT molecular complexity index is 1370. The topological polar surface area (TPSA) is 169 Å². The lowest BCUT2D eigenvalue weighted by molar-refractivity contribution is -0.147. The number of hydrogen-bond acceptors (Lipinski definition) is 8. The Kier molecular flexibility index (Phi) is 41.9. The number of ether oxygens (including phenoxy) is 1. The molecule has 62 heavy (non-hydrogen) atoms. The Hall–Kier alpha value is -3.34. The number of phosphoric ester groups is 1. The first-order valence-corrected chi connectivity index (χ1v) is 25.1. The molecule has 0 aliphatic rings. The smallest absolute Gasteiger partial charge is 0.472 e. The van der Waals surface area contributed by atoms with Crippen molar-refractivity contribution in [3.8, 4) is 0 Å². The first kappa shape index (κ1) is 58.7. The van der Waals surface area contributed by atoms with Gasteiger partial charge in [-0.2, -0.15) is 0 Å². The summed E-state index contributed by atoms with van der Waals surface area (Å²) in [6.07, 6.45) is 54.5. The maximum atomic E-state index is 12.3. The molecule has 0 radical (unpaired) electrons. The Morgan fingerprint density at radius 1 is 0.532 bits per heavy atom. The first-order chi connectivity index (χ1) is 30.1. The first-order valence-electron chi connectivity index (χ1n) is 23.6. The minimum Gasteiger partial charge on any atom is -0.480 e. The van der Waals surface area contributed by atoms with Crippen LogP contribution < -0.4 is 5.32 Å². The summed E-state index contributed by atoms with van der Waals surface area (Å²) in [6, 6.07) is -1.56. The number of esters is 1. The van der Waals surface area contributed by atoms with Gasteiger partial charge in [-0.15, -0.1) is 0 Å². The second-order valence-corrected chi connectivity index (χ2v) is 17.0. The molecule has 0 aliphatic heterocycles. The maximum Gasteiger partial charge on any atom is 0.472 e. The van der Waals surface area contributed by atoms with Gasteiger partial charge in [-0.3, -0.25) is 18.6 Å². The van der Waals surface area contributed by atoms with Crippen LogP contribution in [-0.4, -0.2) is 64.9 Å². The van der Waals surface area contributed by atoms with Gasteiger partial charge < -0.3 is 25.2 Å². The molecule has 0 aromatic carbocycles. The van der Waals surface area contributed by atoms with E-state index in [2.05, 4.69) is 104 Å². The fourth-order valence-electron chi connectivity index (χ4n) is 6.02. The van der Waals surface area contributed by atoms with Crippen LogP contribution in [0.4, 0.5) is 0 Å². The van der Waals surface area contributed by atoms with E-state index >= 15 is 0 Å². The van der Waals surface area contributed by atoms with Crippen molar-refractivity contribution < 1.29 is 47.8 Å². The number of allylic oxidation sites excluding steroid dienone is 14. The number of nitrogens with one attached hydrogen (secondary N) is 1. The van der Waals surface area contributed by atoms with Gasteiger partial charge in [0, 0.05) is 12.8 Å². The number of carbonyl (C=O) groups is 3. The van der Waals surface area contributed by atoms with Crippen molar-refractivity contribution in [3.05, 3.63) is 85.1 Å². The second-order valence-electron chi connectivity index (χ2n) is 15.6. The lowest BCUT2D eigenvalue weighted by Crippen LogP contribution is -2.43. The van der Waals surface area contributed by atoms with E-state index in [1.54, 1.807) is 0 Å². The molecule has 0 spiro atoms. The molecule has 0 saturated carbocycles. The Labute approximate surface area is 375 Å². The van der Waals surface area contributed by atoms with Crippen molar-refractivity contribution in [2.24, 2.45) is 0 Å². The molecule has 0 bridgehead atoms.